The Balaban J connectivity index is 2.19. The largest absolute Gasteiger partial charge is 0.296 e. The molecule has 2 aromatic heterocycles. The summed E-state index contributed by atoms with van der Waals surface area (Å²) in [6.45, 7) is 4.08. The predicted molar refractivity (Wildman–Crippen MR) is 75.7 cm³/mol. The fraction of sp³-hybridized carbons (Fsp3) is 0.214. The Morgan fingerprint density at radius 1 is 1.30 bits per heavy atom. The first kappa shape index (κ1) is 12.9. The molecule has 2 heterocycles. The monoisotopic (exact) mass is 289 g/mol. The molecular formula is C14H12FN3OS. The Labute approximate surface area is 118 Å². The van der Waals surface area contributed by atoms with Crippen LogP contribution in [0.1, 0.15) is 35.3 Å². The first-order chi connectivity index (χ1) is 9.60. The highest BCUT2D eigenvalue weighted by Crippen LogP contribution is 2.28. The molecular weight excluding hydrogens is 277 g/mol. The second-order valence-corrected chi connectivity index (χ2v) is 5.75. The van der Waals surface area contributed by atoms with Crippen LogP contribution in [-0.4, -0.2) is 20.9 Å². The summed E-state index contributed by atoms with van der Waals surface area (Å²) < 4.78 is 14.5. The molecule has 0 saturated carbocycles. The fourth-order valence-corrected chi connectivity index (χ4v) is 2.85. The van der Waals surface area contributed by atoms with Gasteiger partial charge >= 0.3 is 0 Å². The van der Waals surface area contributed by atoms with E-state index in [1.165, 1.54) is 23.5 Å². The molecule has 0 aliphatic rings. The number of benzene rings is 1. The highest BCUT2D eigenvalue weighted by atomic mass is 32.1. The van der Waals surface area contributed by atoms with Gasteiger partial charge in [-0.15, -0.1) is 0 Å². The van der Waals surface area contributed by atoms with Crippen LogP contribution in [0.5, 0.6) is 0 Å². The molecule has 0 radical (unpaired) electrons. The van der Waals surface area contributed by atoms with Gasteiger partial charge in [0.15, 0.2) is 6.29 Å². The van der Waals surface area contributed by atoms with Crippen LogP contribution in [-0.2, 0) is 0 Å². The number of aldehydes is 1. The summed E-state index contributed by atoms with van der Waals surface area (Å²) in [5.41, 5.74) is 1.64. The van der Waals surface area contributed by atoms with Crippen LogP contribution in [0.25, 0.3) is 16.2 Å². The topological polar surface area (TPSA) is 47.3 Å². The molecule has 0 saturated heterocycles. The van der Waals surface area contributed by atoms with E-state index in [0.29, 0.717) is 21.9 Å². The molecule has 0 aliphatic carbocycles. The van der Waals surface area contributed by atoms with Crippen molar-refractivity contribution in [3.05, 3.63) is 40.8 Å². The molecule has 0 spiro atoms. The van der Waals surface area contributed by atoms with Gasteiger partial charge in [-0.2, -0.15) is 9.61 Å². The quantitative estimate of drug-likeness (QED) is 0.693. The molecule has 102 valence electrons. The number of nitrogens with zero attached hydrogens (tertiary/aromatic N) is 3. The lowest BCUT2D eigenvalue weighted by molar-refractivity contribution is 0.111. The summed E-state index contributed by atoms with van der Waals surface area (Å²) in [6, 6.07) is 5.92. The van der Waals surface area contributed by atoms with Gasteiger partial charge in [0.25, 0.3) is 0 Å². The van der Waals surface area contributed by atoms with Crippen molar-refractivity contribution >= 4 is 22.6 Å². The zero-order chi connectivity index (χ0) is 14.3. The summed E-state index contributed by atoms with van der Waals surface area (Å²) in [6.07, 6.45) is 0.739. The molecule has 6 heteroatoms. The maximum absolute atomic E-state index is 13.0. The molecule has 0 bridgehead atoms. The molecule has 4 nitrogen and oxygen atoms in total. The van der Waals surface area contributed by atoms with Gasteiger partial charge in [0, 0.05) is 11.5 Å². The molecule has 0 N–H and O–H groups in total. The average Bonchev–Trinajstić information content (AvgIpc) is 2.96. The SMILES string of the molecule is CC(C)c1nn2c(C=O)c(-c3ccc(F)cc3)nc2s1. The van der Waals surface area contributed by atoms with Crippen molar-refractivity contribution in [2.45, 2.75) is 19.8 Å². The molecule has 0 atom stereocenters. The Morgan fingerprint density at radius 3 is 2.60 bits per heavy atom. The molecule has 3 aromatic rings. The third-order valence-electron chi connectivity index (χ3n) is 2.98. The van der Waals surface area contributed by atoms with Gasteiger partial charge in [0.2, 0.25) is 4.96 Å². The van der Waals surface area contributed by atoms with Crippen molar-refractivity contribution in [3.8, 4) is 11.3 Å². The van der Waals surface area contributed by atoms with E-state index in [1.807, 2.05) is 13.8 Å². The van der Waals surface area contributed by atoms with Gasteiger partial charge < -0.3 is 0 Å². The first-order valence-electron chi connectivity index (χ1n) is 6.20. The van der Waals surface area contributed by atoms with Gasteiger partial charge in [-0.1, -0.05) is 25.2 Å². The Bertz CT molecular complexity index is 774. The van der Waals surface area contributed by atoms with Crippen LogP contribution >= 0.6 is 11.3 Å². The standard InChI is InChI=1S/C14H12FN3OS/c1-8(2)13-17-18-11(7-19)12(16-14(18)20-13)9-3-5-10(15)6-4-9/h3-8H,1-2H3. The highest BCUT2D eigenvalue weighted by molar-refractivity contribution is 7.16. The molecule has 1 aromatic carbocycles. The van der Waals surface area contributed by atoms with Crippen LogP contribution in [0.15, 0.2) is 24.3 Å². The van der Waals surface area contributed by atoms with Gasteiger partial charge in [-0.05, 0) is 24.3 Å². The Hall–Kier alpha value is -2.08. The van der Waals surface area contributed by atoms with Crippen molar-refractivity contribution in [1.82, 2.24) is 14.6 Å². The van der Waals surface area contributed by atoms with E-state index < -0.39 is 0 Å². The van der Waals surface area contributed by atoms with Gasteiger partial charge in [0.1, 0.15) is 22.2 Å². The van der Waals surface area contributed by atoms with E-state index in [0.717, 1.165) is 11.3 Å². The second-order valence-electron chi connectivity index (χ2n) is 4.76. The minimum Gasteiger partial charge on any atom is -0.296 e. The maximum atomic E-state index is 13.0. The third kappa shape index (κ3) is 2.02. The zero-order valence-electron chi connectivity index (χ0n) is 11.0. The van der Waals surface area contributed by atoms with E-state index in [-0.39, 0.29) is 11.7 Å². The molecule has 0 amide bonds. The van der Waals surface area contributed by atoms with Crippen LogP contribution < -0.4 is 0 Å². The normalized spacial score (nSPS) is 11.4. The highest BCUT2D eigenvalue weighted by Gasteiger charge is 2.18. The van der Waals surface area contributed by atoms with Gasteiger partial charge in [-0.3, -0.25) is 4.79 Å². The van der Waals surface area contributed by atoms with Crippen LogP contribution in [0.3, 0.4) is 0 Å². The van der Waals surface area contributed by atoms with Crippen LogP contribution in [0.4, 0.5) is 4.39 Å². The Morgan fingerprint density at radius 2 is 2.00 bits per heavy atom. The predicted octanol–water partition coefficient (Wildman–Crippen LogP) is 3.53. The number of hydrogen-bond acceptors (Lipinski definition) is 4. The van der Waals surface area contributed by atoms with Crippen LogP contribution in [0.2, 0.25) is 0 Å². The smallest absolute Gasteiger partial charge is 0.213 e. The number of halogens is 1. The summed E-state index contributed by atoms with van der Waals surface area (Å²) in [5, 5.41) is 5.35. The second kappa shape index (κ2) is 4.79. The number of hydrogen-bond donors (Lipinski definition) is 0. The number of imidazole rings is 1. The molecule has 0 unspecified atom stereocenters. The number of carbonyl (C=O) groups is 1. The number of fused-ring (bicyclic) bond motifs is 1. The van der Waals surface area contributed by atoms with Crippen molar-refractivity contribution < 1.29 is 9.18 Å². The zero-order valence-corrected chi connectivity index (χ0v) is 11.8. The van der Waals surface area contributed by atoms with Crippen molar-refractivity contribution in [2.24, 2.45) is 0 Å². The van der Waals surface area contributed by atoms with Gasteiger partial charge in [-0.25, -0.2) is 9.37 Å². The summed E-state index contributed by atoms with van der Waals surface area (Å²) in [4.78, 5) is 16.5. The summed E-state index contributed by atoms with van der Waals surface area (Å²) in [7, 11) is 0. The average molecular weight is 289 g/mol. The van der Waals surface area contributed by atoms with E-state index in [2.05, 4.69) is 10.1 Å². The van der Waals surface area contributed by atoms with E-state index in [4.69, 9.17) is 0 Å². The number of rotatable bonds is 3. The lowest BCUT2D eigenvalue weighted by Crippen LogP contribution is -1.96. The minimum absolute atomic E-state index is 0.287. The van der Waals surface area contributed by atoms with E-state index >= 15 is 0 Å². The van der Waals surface area contributed by atoms with E-state index in [9.17, 15) is 9.18 Å². The van der Waals surface area contributed by atoms with Gasteiger partial charge in [0.05, 0.1) is 0 Å². The molecule has 20 heavy (non-hydrogen) atoms. The van der Waals surface area contributed by atoms with Crippen LogP contribution in [0, 0.1) is 5.82 Å². The number of carbonyl (C=O) groups excluding carboxylic acids is 1. The van der Waals surface area contributed by atoms with E-state index in [1.54, 1.807) is 16.6 Å². The molecule has 3 rings (SSSR count). The molecule has 0 aliphatic heterocycles. The summed E-state index contributed by atoms with van der Waals surface area (Å²) in [5.74, 6) is -0.0295. The lowest BCUT2D eigenvalue weighted by atomic mass is 10.1. The number of aromatic nitrogens is 3. The lowest BCUT2D eigenvalue weighted by Gasteiger charge is -1.99. The Kier molecular flexibility index (Phi) is 3.10. The van der Waals surface area contributed by atoms with Crippen molar-refractivity contribution in [2.75, 3.05) is 0 Å². The minimum atomic E-state index is -0.317. The third-order valence-corrected chi connectivity index (χ3v) is 4.19. The fourth-order valence-electron chi connectivity index (χ4n) is 1.94. The van der Waals surface area contributed by atoms with Crippen molar-refractivity contribution in [1.29, 1.82) is 0 Å². The maximum Gasteiger partial charge on any atom is 0.213 e. The summed E-state index contributed by atoms with van der Waals surface area (Å²) >= 11 is 1.46. The first-order valence-corrected chi connectivity index (χ1v) is 7.02. The molecule has 0 fully saturated rings. The van der Waals surface area contributed by atoms with Crippen molar-refractivity contribution in [3.63, 3.8) is 0 Å².